The Morgan fingerprint density at radius 1 is 1.18 bits per heavy atom. The molecule has 3 aromatic rings. The molecule has 0 unspecified atom stereocenters. The third-order valence-corrected chi connectivity index (χ3v) is 3.85. The van der Waals surface area contributed by atoms with Crippen molar-refractivity contribution in [2.45, 2.75) is 26.3 Å². The van der Waals surface area contributed by atoms with Crippen molar-refractivity contribution in [3.05, 3.63) is 59.4 Å². The third kappa shape index (κ3) is 2.83. The predicted molar refractivity (Wildman–Crippen MR) is 83.8 cm³/mol. The number of fused-ring (bicyclic) bond motifs is 1. The lowest BCUT2D eigenvalue weighted by Gasteiger charge is -2.08. The summed E-state index contributed by atoms with van der Waals surface area (Å²) in [6.07, 6.45) is 0.491. The van der Waals surface area contributed by atoms with Crippen LogP contribution < -0.4 is 0 Å². The first-order valence-corrected chi connectivity index (χ1v) is 7.22. The first-order chi connectivity index (χ1) is 10.6. The molecule has 0 aliphatic heterocycles. The predicted octanol–water partition coefficient (Wildman–Crippen LogP) is 2.81. The van der Waals surface area contributed by atoms with Crippen LogP contribution >= 0.6 is 0 Å². The van der Waals surface area contributed by atoms with Gasteiger partial charge in [0.2, 0.25) is 0 Å². The molecule has 0 saturated heterocycles. The Kier molecular flexibility index (Phi) is 3.87. The SMILES string of the molecule is Cc1c(CCC(=O)O)nnn1Cc1cccc2ccccc12. The highest BCUT2D eigenvalue weighted by Gasteiger charge is 2.11. The van der Waals surface area contributed by atoms with Crippen molar-refractivity contribution >= 4 is 16.7 Å². The van der Waals surface area contributed by atoms with E-state index in [2.05, 4.69) is 34.6 Å². The average Bonchev–Trinajstić information content (AvgIpc) is 2.86. The molecule has 22 heavy (non-hydrogen) atoms. The van der Waals surface area contributed by atoms with Gasteiger partial charge in [-0.3, -0.25) is 4.79 Å². The monoisotopic (exact) mass is 295 g/mol. The van der Waals surface area contributed by atoms with Crippen LogP contribution in [0, 0.1) is 6.92 Å². The van der Waals surface area contributed by atoms with Crippen LogP contribution in [0.3, 0.4) is 0 Å². The Bertz CT molecular complexity index is 818. The number of carboxylic acids is 1. The maximum absolute atomic E-state index is 10.7. The van der Waals surface area contributed by atoms with Crippen molar-refractivity contribution in [3.8, 4) is 0 Å². The second-order valence-corrected chi connectivity index (χ2v) is 5.31. The van der Waals surface area contributed by atoms with Crippen LogP contribution in [-0.2, 0) is 17.8 Å². The van der Waals surface area contributed by atoms with Crippen molar-refractivity contribution < 1.29 is 9.90 Å². The minimum atomic E-state index is -0.817. The molecule has 0 bridgehead atoms. The van der Waals surface area contributed by atoms with Crippen LogP contribution in [0.25, 0.3) is 10.8 Å². The van der Waals surface area contributed by atoms with E-state index in [1.54, 1.807) is 0 Å². The highest BCUT2D eigenvalue weighted by Crippen LogP contribution is 2.20. The zero-order valence-corrected chi connectivity index (χ0v) is 12.4. The van der Waals surface area contributed by atoms with Gasteiger partial charge in [-0.05, 0) is 23.3 Å². The summed E-state index contributed by atoms with van der Waals surface area (Å²) in [5, 5.41) is 19.5. The van der Waals surface area contributed by atoms with Crippen LogP contribution in [0.15, 0.2) is 42.5 Å². The fraction of sp³-hybridized carbons (Fsp3) is 0.235. The minimum Gasteiger partial charge on any atom is -0.481 e. The summed E-state index contributed by atoms with van der Waals surface area (Å²) in [5.41, 5.74) is 2.85. The number of hydrogen-bond donors (Lipinski definition) is 1. The van der Waals surface area contributed by atoms with E-state index in [0.29, 0.717) is 13.0 Å². The van der Waals surface area contributed by atoms with E-state index < -0.39 is 5.97 Å². The minimum absolute atomic E-state index is 0.0772. The summed E-state index contributed by atoms with van der Waals surface area (Å²) in [6.45, 7) is 2.57. The summed E-state index contributed by atoms with van der Waals surface area (Å²) in [7, 11) is 0. The van der Waals surface area contributed by atoms with E-state index in [4.69, 9.17) is 5.11 Å². The lowest BCUT2D eigenvalue weighted by Crippen LogP contribution is -2.05. The van der Waals surface area contributed by atoms with Crippen molar-refractivity contribution in [2.24, 2.45) is 0 Å². The van der Waals surface area contributed by atoms with Crippen LogP contribution in [0.5, 0.6) is 0 Å². The highest BCUT2D eigenvalue weighted by molar-refractivity contribution is 5.85. The summed E-state index contributed by atoms with van der Waals surface area (Å²) in [4.78, 5) is 10.7. The smallest absolute Gasteiger partial charge is 0.303 e. The third-order valence-electron chi connectivity index (χ3n) is 3.85. The summed E-state index contributed by atoms with van der Waals surface area (Å²) in [6, 6.07) is 14.4. The van der Waals surface area contributed by atoms with Gasteiger partial charge in [0, 0.05) is 6.42 Å². The van der Waals surface area contributed by atoms with Gasteiger partial charge >= 0.3 is 5.97 Å². The Balaban J connectivity index is 1.88. The summed E-state index contributed by atoms with van der Waals surface area (Å²) in [5.74, 6) is -0.817. The number of rotatable bonds is 5. The fourth-order valence-corrected chi connectivity index (χ4v) is 2.59. The lowest BCUT2D eigenvalue weighted by molar-refractivity contribution is -0.136. The van der Waals surface area contributed by atoms with Crippen LogP contribution in [0.4, 0.5) is 0 Å². The van der Waals surface area contributed by atoms with Gasteiger partial charge in [-0.1, -0.05) is 47.7 Å². The Morgan fingerprint density at radius 3 is 2.77 bits per heavy atom. The van der Waals surface area contributed by atoms with Crippen LogP contribution in [0.2, 0.25) is 0 Å². The standard InChI is InChI=1S/C17H17N3O2/c1-12-16(9-10-17(21)22)18-19-20(12)11-14-7-4-6-13-5-2-3-8-15(13)14/h2-8H,9-11H2,1H3,(H,21,22). The van der Waals surface area contributed by atoms with Crippen molar-refractivity contribution in [3.63, 3.8) is 0 Å². The van der Waals surface area contributed by atoms with Gasteiger partial charge in [0.25, 0.3) is 0 Å². The molecule has 0 fully saturated rings. The number of carboxylic acid groups (broad SMARTS) is 1. The number of aryl methyl sites for hydroxylation is 1. The maximum Gasteiger partial charge on any atom is 0.303 e. The lowest BCUT2D eigenvalue weighted by atomic mass is 10.0. The molecule has 0 saturated carbocycles. The molecule has 5 nitrogen and oxygen atoms in total. The molecular weight excluding hydrogens is 278 g/mol. The van der Waals surface area contributed by atoms with E-state index in [-0.39, 0.29) is 6.42 Å². The highest BCUT2D eigenvalue weighted by atomic mass is 16.4. The van der Waals surface area contributed by atoms with E-state index >= 15 is 0 Å². The number of aromatic nitrogens is 3. The first kappa shape index (κ1) is 14.3. The number of carbonyl (C=O) groups is 1. The Labute approximate surface area is 128 Å². The molecule has 112 valence electrons. The second-order valence-electron chi connectivity index (χ2n) is 5.31. The van der Waals surface area contributed by atoms with Crippen molar-refractivity contribution in [1.82, 2.24) is 15.0 Å². The molecule has 0 aliphatic rings. The van der Waals surface area contributed by atoms with E-state index in [9.17, 15) is 4.79 Å². The Hall–Kier alpha value is -2.69. The van der Waals surface area contributed by atoms with Gasteiger partial charge < -0.3 is 5.11 Å². The van der Waals surface area contributed by atoms with Gasteiger partial charge in [0.15, 0.2) is 0 Å². The molecule has 1 aromatic heterocycles. The first-order valence-electron chi connectivity index (χ1n) is 7.22. The molecular formula is C17H17N3O2. The topological polar surface area (TPSA) is 68.0 Å². The van der Waals surface area contributed by atoms with Crippen LogP contribution in [0.1, 0.15) is 23.4 Å². The van der Waals surface area contributed by atoms with Crippen molar-refractivity contribution in [1.29, 1.82) is 0 Å². The molecule has 0 amide bonds. The maximum atomic E-state index is 10.7. The van der Waals surface area contributed by atoms with E-state index in [1.165, 1.54) is 16.3 Å². The van der Waals surface area contributed by atoms with Crippen LogP contribution in [-0.4, -0.2) is 26.1 Å². The van der Waals surface area contributed by atoms with Gasteiger partial charge in [0.05, 0.1) is 24.4 Å². The molecule has 2 aromatic carbocycles. The van der Waals surface area contributed by atoms with E-state index in [0.717, 1.165) is 11.4 Å². The Morgan fingerprint density at radius 2 is 1.95 bits per heavy atom. The summed E-state index contributed by atoms with van der Waals surface area (Å²) >= 11 is 0. The summed E-state index contributed by atoms with van der Waals surface area (Å²) < 4.78 is 1.83. The number of hydrogen-bond acceptors (Lipinski definition) is 3. The average molecular weight is 295 g/mol. The number of aliphatic carboxylic acids is 1. The number of benzene rings is 2. The normalized spacial score (nSPS) is 11.0. The molecule has 0 radical (unpaired) electrons. The van der Waals surface area contributed by atoms with Gasteiger partial charge in [0.1, 0.15) is 0 Å². The quantitative estimate of drug-likeness (QED) is 0.786. The molecule has 0 atom stereocenters. The second kappa shape index (κ2) is 5.97. The molecule has 1 N–H and O–H groups in total. The van der Waals surface area contributed by atoms with E-state index in [1.807, 2.05) is 29.8 Å². The molecule has 5 heteroatoms. The number of nitrogens with zero attached hydrogens (tertiary/aromatic N) is 3. The largest absolute Gasteiger partial charge is 0.481 e. The van der Waals surface area contributed by atoms with Gasteiger partial charge in [-0.25, -0.2) is 4.68 Å². The fourth-order valence-electron chi connectivity index (χ4n) is 2.59. The van der Waals surface area contributed by atoms with Gasteiger partial charge in [-0.2, -0.15) is 0 Å². The zero-order chi connectivity index (χ0) is 15.5. The molecule has 0 aliphatic carbocycles. The van der Waals surface area contributed by atoms with Crippen molar-refractivity contribution in [2.75, 3.05) is 0 Å². The zero-order valence-electron chi connectivity index (χ0n) is 12.4. The molecule has 0 spiro atoms. The molecule has 3 rings (SSSR count). The molecule has 1 heterocycles. The van der Waals surface area contributed by atoms with Gasteiger partial charge in [-0.15, -0.1) is 5.10 Å².